The fraction of sp³-hybridized carbons (Fsp3) is 0.632. The summed E-state index contributed by atoms with van der Waals surface area (Å²) in [6.07, 6.45) is 0.824. The van der Waals surface area contributed by atoms with Crippen molar-refractivity contribution < 1.29 is 9.53 Å². The molecule has 6 nitrogen and oxygen atoms in total. The number of hydrogen-bond donors (Lipinski definition) is 2. The zero-order valence-electron chi connectivity index (χ0n) is 15.6. The van der Waals surface area contributed by atoms with Crippen LogP contribution in [0.25, 0.3) is 0 Å². The molecule has 0 bridgehead atoms. The highest BCUT2D eigenvalue weighted by Crippen LogP contribution is 2.13. The van der Waals surface area contributed by atoms with Crippen molar-refractivity contribution in [1.82, 2.24) is 20.4 Å². The van der Waals surface area contributed by atoms with E-state index in [1.807, 2.05) is 6.07 Å². The molecule has 0 unspecified atom stereocenters. The number of hydrogen-bond acceptors (Lipinski definition) is 4. The number of rotatable bonds is 9. The van der Waals surface area contributed by atoms with Crippen LogP contribution in [0.5, 0.6) is 0 Å². The lowest BCUT2D eigenvalue weighted by molar-refractivity contribution is 0.131. The third kappa shape index (κ3) is 7.02. The molecule has 2 amide bonds. The number of benzene rings is 1. The smallest absolute Gasteiger partial charge is 0.315 e. The van der Waals surface area contributed by atoms with Crippen LogP contribution in [-0.4, -0.2) is 68.8 Å². The van der Waals surface area contributed by atoms with Gasteiger partial charge in [0.05, 0.1) is 0 Å². The summed E-state index contributed by atoms with van der Waals surface area (Å²) in [5.74, 6) is 0. The van der Waals surface area contributed by atoms with Crippen molar-refractivity contribution in [2.75, 3.05) is 53.0 Å². The van der Waals surface area contributed by atoms with Gasteiger partial charge in [-0.2, -0.15) is 0 Å². The van der Waals surface area contributed by atoms with Crippen LogP contribution in [0.4, 0.5) is 4.79 Å². The molecule has 0 aliphatic carbocycles. The van der Waals surface area contributed by atoms with E-state index in [-0.39, 0.29) is 6.03 Å². The number of urea groups is 1. The quantitative estimate of drug-likeness (QED) is 0.667. The van der Waals surface area contributed by atoms with Crippen molar-refractivity contribution in [3.63, 3.8) is 0 Å². The first-order chi connectivity index (χ1) is 12.2. The number of carbonyl (C=O) groups excluding carboxylic acids is 1. The summed E-state index contributed by atoms with van der Waals surface area (Å²) >= 11 is 0. The Labute approximate surface area is 151 Å². The minimum absolute atomic E-state index is 0.123. The molecule has 1 aliphatic heterocycles. The number of piperazine rings is 1. The zero-order valence-corrected chi connectivity index (χ0v) is 15.6. The van der Waals surface area contributed by atoms with Crippen LogP contribution in [-0.2, 0) is 17.8 Å². The highest BCUT2D eigenvalue weighted by molar-refractivity contribution is 5.73. The Balaban J connectivity index is 1.79. The molecule has 2 rings (SSSR count). The molecule has 2 N–H and O–H groups in total. The first kappa shape index (κ1) is 19.7. The minimum atomic E-state index is -0.123. The predicted octanol–water partition coefficient (Wildman–Crippen LogP) is 1.66. The third-order valence-electron chi connectivity index (χ3n) is 4.67. The van der Waals surface area contributed by atoms with Crippen molar-refractivity contribution in [1.29, 1.82) is 0 Å². The van der Waals surface area contributed by atoms with E-state index in [4.69, 9.17) is 4.74 Å². The van der Waals surface area contributed by atoms with E-state index in [2.05, 4.69) is 45.6 Å². The largest absolute Gasteiger partial charge is 0.385 e. The van der Waals surface area contributed by atoms with Crippen molar-refractivity contribution in [3.8, 4) is 0 Å². The number of likely N-dealkylation sites (N-methyl/N-ethyl adjacent to an activating group) is 1. The van der Waals surface area contributed by atoms with Crippen LogP contribution in [0.2, 0.25) is 0 Å². The van der Waals surface area contributed by atoms with Gasteiger partial charge < -0.3 is 20.3 Å². The van der Waals surface area contributed by atoms with Crippen LogP contribution in [0.15, 0.2) is 24.3 Å². The maximum atomic E-state index is 11.9. The number of nitrogens with zero attached hydrogens (tertiary/aromatic N) is 2. The second-order valence-electron chi connectivity index (χ2n) is 6.43. The highest BCUT2D eigenvalue weighted by atomic mass is 16.5. The lowest BCUT2D eigenvalue weighted by Gasteiger charge is -2.34. The van der Waals surface area contributed by atoms with Crippen LogP contribution in [0.1, 0.15) is 24.5 Å². The van der Waals surface area contributed by atoms with E-state index >= 15 is 0 Å². The van der Waals surface area contributed by atoms with Gasteiger partial charge in [-0.3, -0.25) is 4.90 Å². The monoisotopic (exact) mass is 348 g/mol. The second-order valence-corrected chi connectivity index (χ2v) is 6.43. The van der Waals surface area contributed by atoms with Gasteiger partial charge >= 0.3 is 6.03 Å². The Morgan fingerprint density at radius 3 is 2.44 bits per heavy atom. The molecule has 0 aromatic heterocycles. The molecule has 0 saturated carbocycles. The summed E-state index contributed by atoms with van der Waals surface area (Å²) in [6, 6.07) is 8.25. The first-order valence-corrected chi connectivity index (χ1v) is 9.25. The Hall–Kier alpha value is -1.63. The van der Waals surface area contributed by atoms with Crippen LogP contribution >= 0.6 is 0 Å². The zero-order chi connectivity index (χ0) is 17.9. The van der Waals surface area contributed by atoms with E-state index in [0.717, 1.165) is 45.7 Å². The number of carbonyl (C=O) groups is 1. The molecule has 0 spiro atoms. The summed E-state index contributed by atoms with van der Waals surface area (Å²) in [7, 11) is 1.67. The molecule has 1 aliphatic rings. The predicted molar refractivity (Wildman–Crippen MR) is 101 cm³/mol. The van der Waals surface area contributed by atoms with Crippen LogP contribution < -0.4 is 10.6 Å². The average Bonchev–Trinajstić information content (AvgIpc) is 2.65. The average molecular weight is 348 g/mol. The first-order valence-electron chi connectivity index (χ1n) is 9.25. The SMILES string of the molecule is CCN1CCN(Cc2ccccc2CNC(=O)NCCCOC)CC1. The molecule has 0 radical (unpaired) electrons. The van der Waals surface area contributed by atoms with Gasteiger partial charge in [-0.1, -0.05) is 31.2 Å². The summed E-state index contributed by atoms with van der Waals surface area (Å²) < 4.78 is 4.98. The molecule has 6 heteroatoms. The van der Waals surface area contributed by atoms with Crippen LogP contribution in [0, 0.1) is 0 Å². The molecule has 25 heavy (non-hydrogen) atoms. The van der Waals surface area contributed by atoms with E-state index in [9.17, 15) is 4.79 Å². The number of nitrogens with one attached hydrogen (secondary N) is 2. The Kier molecular flexibility index (Phi) is 8.72. The van der Waals surface area contributed by atoms with Gasteiger partial charge in [0.25, 0.3) is 0 Å². The lowest BCUT2D eigenvalue weighted by Crippen LogP contribution is -2.45. The van der Waals surface area contributed by atoms with Gasteiger partial charge in [0.15, 0.2) is 0 Å². The van der Waals surface area contributed by atoms with E-state index in [1.54, 1.807) is 7.11 Å². The fourth-order valence-electron chi connectivity index (χ4n) is 3.05. The van der Waals surface area contributed by atoms with E-state index < -0.39 is 0 Å². The maximum Gasteiger partial charge on any atom is 0.315 e. The number of amides is 2. The van der Waals surface area contributed by atoms with Gasteiger partial charge in [0, 0.05) is 59.5 Å². The third-order valence-corrected chi connectivity index (χ3v) is 4.67. The molecular weight excluding hydrogens is 316 g/mol. The Morgan fingerprint density at radius 1 is 1.08 bits per heavy atom. The topological polar surface area (TPSA) is 56.8 Å². The second kappa shape index (κ2) is 11.1. The summed E-state index contributed by atoms with van der Waals surface area (Å²) in [4.78, 5) is 16.9. The number of methoxy groups -OCH3 is 1. The number of ether oxygens (including phenoxy) is 1. The van der Waals surface area contributed by atoms with Crippen molar-refractivity contribution >= 4 is 6.03 Å². The van der Waals surface area contributed by atoms with Gasteiger partial charge in [-0.05, 0) is 24.1 Å². The highest BCUT2D eigenvalue weighted by Gasteiger charge is 2.16. The maximum absolute atomic E-state index is 11.9. The van der Waals surface area contributed by atoms with Gasteiger partial charge in [0.1, 0.15) is 0 Å². The van der Waals surface area contributed by atoms with Gasteiger partial charge in [-0.25, -0.2) is 4.79 Å². The fourth-order valence-corrected chi connectivity index (χ4v) is 3.05. The van der Waals surface area contributed by atoms with Crippen molar-refractivity contribution in [2.45, 2.75) is 26.4 Å². The lowest BCUT2D eigenvalue weighted by atomic mass is 10.1. The normalized spacial score (nSPS) is 15.9. The molecular formula is C19H32N4O2. The van der Waals surface area contributed by atoms with Crippen LogP contribution in [0.3, 0.4) is 0 Å². The summed E-state index contributed by atoms with van der Waals surface area (Å²) in [5.41, 5.74) is 2.49. The summed E-state index contributed by atoms with van der Waals surface area (Å²) in [6.45, 7) is 10.6. The molecule has 1 aromatic rings. The van der Waals surface area contributed by atoms with Gasteiger partial charge in [-0.15, -0.1) is 0 Å². The Bertz CT molecular complexity index is 516. The molecule has 1 fully saturated rings. The van der Waals surface area contributed by atoms with Crippen molar-refractivity contribution in [3.05, 3.63) is 35.4 Å². The van der Waals surface area contributed by atoms with Gasteiger partial charge in [0.2, 0.25) is 0 Å². The molecule has 1 aromatic carbocycles. The van der Waals surface area contributed by atoms with E-state index in [1.165, 1.54) is 11.1 Å². The molecule has 1 saturated heterocycles. The van der Waals surface area contributed by atoms with Crippen molar-refractivity contribution in [2.24, 2.45) is 0 Å². The summed E-state index contributed by atoms with van der Waals surface area (Å²) in [5, 5.41) is 5.81. The Morgan fingerprint density at radius 2 is 1.76 bits per heavy atom. The molecule has 1 heterocycles. The minimum Gasteiger partial charge on any atom is -0.385 e. The van der Waals surface area contributed by atoms with E-state index in [0.29, 0.717) is 19.7 Å². The molecule has 0 atom stereocenters. The standard InChI is InChI=1S/C19H32N4O2/c1-3-22-10-12-23(13-11-22)16-18-8-5-4-7-17(18)15-21-19(24)20-9-6-14-25-2/h4-5,7-8H,3,6,9-16H2,1-2H3,(H2,20,21,24). The molecule has 140 valence electrons.